The maximum Gasteiger partial charge on any atom is 0.282 e. The lowest BCUT2D eigenvalue weighted by molar-refractivity contribution is -0.133. The molecule has 0 aliphatic carbocycles. The van der Waals surface area contributed by atoms with E-state index in [0.29, 0.717) is 70.8 Å². The maximum atomic E-state index is 13.3. The molecule has 2 aliphatic heterocycles. The van der Waals surface area contributed by atoms with Crippen LogP contribution in [0.3, 0.4) is 0 Å². The molecule has 44 heavy (non-hydrogen) atoms. The van der Waals surface area contributed by atoms with Gasteiger partial charge in [-0.2, -0.15) is 9.46 Å². The zero-order valence-corrected chi connectivity index (χ0v) is 26.5. The Morgan fingerprint density at radius 1 is 1.20 bits per heavy atom. The van der Waals surface area contributed by atoms with Crippen LogP contribution in [-0.2, 0) is 25.9 Å². The Balaban J connectivity index is 1.21. The minimum atomic E-state index is -3.03. The molecule has 1 amide bonds. The lowest BCUT2D eigenvalue weighted by Crippen LogP contribution is -2.40. The molecular formula is C28H31ClF4N6O3S2. The van der Waals surface area contributed by atoms with Gasteiger partial charge >= 0.3 is 0 Å². The lowest BCUT2D eigenvalue weighted by Gasteiger charge is -2.31. The van der Waals surface area contributed by atoms with Crippen LogP contribution in [0, 0.1) is 0 Å². The molecule has 1 fully saturated rings. The Morgan fingerprint density at radius 3 is 2.59 bits per heavy atom. The predicted octanol–water partition coefficient (Wildman–Crippen LogP) is 7.28. The molecule has 0 saturated carbocycles. The van der Waals surface area contributed by atoms with E-state index in [1.165, 1.54) is 16.2 Å². The number of alkyl halides is 4. The summed E-state index contributed by atoms with van der Waals surface area (Å²) >= 11 is 8.02. The van der Waals surface area contributed by atoms with E-state index in [9.17, 15) is 26.6 Å². The van der Waals surface area contributed by atoms with Crippen LogP contribution >= 0.6 is 22.9 Å². The highest BCUT2D eigenvalue weighted by molar-refractivity contribution is 7.93. The number of rotatable bonds is 9. The van der Waals surface area contributed by atoms with Crippen LogP contribution in [0.5, 0.6) is 0 Å². The first-order valence-electron chi connectivity index (χ1n) is 13.9. The third-order valence-corrected chi connectivity index (χ3v) is 11.4. The van der Waals surface area contributed by atoms with Crippen LogP contribution < -0.4 is 0 Å². The highest BCUT2D eigenvalue weighted by Gasteiger charge is 2.32. The average molecular weight is 675 g/mol. The Kier molecular flexibility index (Phi) is 9.66. The first-order valence-corrected chi connectivity index (χ1v) is 17.2. The summed E-state index contributed by atoms with van der Waals surface area (Å²) < 4.78 is 70.8. The van der Waals surface area contributed by atoms with Crippen molar-refractivity contribution in [3.05, 3.63) is 62.3 Å². The van der Waals surface area contributed by atoms with Crippen molar-refractivity contribution in [2.75, 3.05) is 19.3 Å². The highest BCUT2D eigenvalue weighted by Crippen LogP contribution is 2.41. The first kappa shape index (κ1) is 32.4. The van der Waals surface area contributed by atoms with Gasteiger partial charge in [0.2, 0.25) is 5.91 Å². The van der Waals surface area contributed by atoms with E-state index in [1.54, 1.807) is 24.5 Å². The number of piperidine rings is 1. The maximum absolute atomic E-state index is 13.3. The molecule has 0 bridgehead atoms. The van der Waals surface area contributed by atoms with Gasteiger partial charge in [-0.1, -0.05) is 36.7 Å². The molecule has 2 aliphatic rings. The van der Waals surface area contributed by atoms with Gasteiger partial charge in [0, 0.05) is 52.9 Å². The summed E-state index contributed by atoms with van der Waals surface area (Å²) in [6.45, 7) is 3.91. The third-order valence-electron chi connectivity index (χ3n) is 7.75. The van der Waals surface area contributed by atoms with Crippen molar-refractivity contribution in [3.8, 4) is 0 Å². The Hall–Kier alpha value is -3.04. The molecule has 4 heterocycles. The molecule has 2 atom stereocenters. The van der Waals surface area contributed by atoms with Gasteiger partial charge in [0.05, 0.1) is 26.1 Å². The number of nitrogens with zero attached hydrogens (tertiary/aromatic N) is 6. The number of hydrogen-bond acceptors (Lipinski definition) is 8. The second-order valence-corrected chi connectivity index (χ2v) is 15.1. The van der Waals surface area contributed by atoms with Crippen molar-refractivity contribution in [2.24, 2.45) is 9.52 Å². The van der Waals surface area contributed by atoms with Crippen molar-refractivity contribution in [2.45, 2.75) is 69.8 Å². The van der Waals surface area contributed by atoms with Crippen LogP contribution in [0.25, 0.3) is 0 Å². The molecular weight excluding hydrogens is 644 g/mol. The largest absolute Gasteiger partial charge is 0.387 e. The fourth-order valence-corrected chi connectivity index (χ4v) is 7.03. The average Bonchev–Trinajstić information content (AvgIpc) is 3.73. The molecule has 2 aromatic heterocycles. The molecule has 0 radical (unpaired) electrons. The van der Waals surface area contributed by atoms with Crippen LogP contribution in [0.1, 0.15) is 85.6 Å². The summed E-state index contributed by atoms with van der Waals surface area (Å²) in [4.78, 5) is 24.9. The minimum Gasteiger partial charge on any atom is -0.387 e. The van der Waals surface area contributed by atoms with Crippen molar-refractivity contribution >= 4 is 50.0 Å². The molecule has 238 valence electrons. The van der Waals surface area contributed by atoms with Gasteiger partial charge in [-0.3, -0.25) is 9.48 Å². The number of benzene rings is 1. The Bertz CT molecular complexity index is 1680. The second-order valence-electron chi connectivity index (χ2n) is 11.0. The van der Waals surface area contributed by atoms with E-state index >= 15 is 0 Å². The first-order chi connectivity index (χ1) is 20.8. The van der Waals surface area contributed by atoms with E-state index in [0.717, 1.165) is 5.01 Å². The third kappa shape index (κ3) is 6.94. The van der Waals surface area contributed by atoms with Gasteiger partial charge < -0.3 is 9.74 Å². The number of likely N-dealkylation sites (tertiary alicyclic amines) is 1. The summed E-state index contributed by atoms with van der Waals surface area (Å²) in [5.41, 5.74) is 0.959. The second kappa shape index (κ2) is 13.1. The number of aromatic nitrogens is 3. The summed E-state index contributed by atoms with van der Waals surface area (Å²) in [5, 5.41) is 10.8. The predicted molar refractivity (Wildman–Crippen MR) is 161 cm³/mol. The smallest absolute Gasteiger partial charge is 0.282 e. The number of amides is 1. The highest BCUT2D eigenvalue weighted by atomic mass is 35.5. The number of carbonyl (C=O) groups excluding carboxylic acids is 1. The van der Waals surface area contributed by atoms with Crippen LogP contribution in [0.2, 0.25) is 5.02 Å². The summed E-state index contributed by atoms with van der Waals surface area (Å²) in [5.74, 6) is -0.387. The number of hydrogen-bond donors (Lipinski definition) is 0. The topological polar surface area (TPSA) is 102 Å². The molecule has 5 rings (SSSR count). The van der Waals surface area contributed by atoms with Crippen molar-refractivity contribution in [3.63, 3.8) is 0 Å². The van der Waals surface area contributed by atoms with Crippen molar-refractivity contribution in [1.29, 1.82) is 0 Å². The van der Waals surface area contributed by atoms with Crippen LogP contribution in [-0.4, -0.2) is 60.1 Å². The quantitative estimate of drug-likeness (QED) is 0.222. The molecule has 1 saturated heterocycles. The number of thiazole rings is 1. The van der Waals surface area contributed by atoms with Gasteiger partial charge in [0.15, 0.2) is 6.10 Å². The van der Waals surface area contributed by atoms with E-state index < -0.39 is 52.5 Å². The molecule has 1 aromatic carbocycles. The van der Waals surface area contributed by atoms with Crippen molar-refractivity contribution in [1.82, 2.24) is 19.7 Å². The van der Waals surface area contributed by atoms with Gasteiger partial charge in [-0.05, 0) is 31.0 Å². The zero-order valence-electron chi connectivity index (χ0n) is 24.1. The molecule has 0 spiro atoms. The summed E-state index contributed by atoms with van der Waals surface area (Å²) in [6.07, 6.45) is -3.34. The molecule has 9 nitrogen and oxygen atoms in total. The minimum absolute atomic E-state index is 0.0750. The molecule has 2 unspecified atom stereocenters. The standard InChI is InChI=1S/C28H31ClF4N6O3S2/c1-15(2)44(3,41)37-18-6-4-5-17(29)25(18)23-12-19(36-42-23)21-14-43-28(34-21)16-7-9-38(10-8-16)24(40)13-39-22(27(32)33)11-20(35-39)26(30)31/h4-6,11,14-16,23,26-27H,7-10,12-13H2,1-3H3. The monoisotopic (exact) mass is 674 g/mol. The Labute approximate surface area is 261 Å². The summed E-state index contributed by atoms with van der Waals surface area (Å²) in [7, 11) is -2.50. The normalized spacial score (nSPS) is 19.0. The van der Waals surface area contributed by atoms with Crippen LogP contribution in [0.4, 0.5) is 23.2 Å². The fourth-order valence-electron chi connectivity index (χ4n) is 4.98. The van der Waals surface area contributed by atoms with Gasteiger partial charge in [-0.25, -0.2) is 26.8 Å². The van der Waals surface area contributed by atoms with Crippen molar-refractivity contribution < 1.29 is 31.4 Å². The number of halogens is 5. The van der Waals surface area contributed by atoms with Gasteiger partial charge in [0.1, 0.15) is 23.6 Å². The lowest BCUT2D eigenvalue weighted by atomic mass is 9.97. The molecule has 3 aromatic rings. The van der Waals surface area contributed by atoms with E-state index in [1.807, 2.05) is 19.2 Å². The van der Waals surface area contributed by atoms with E-state index in [-0.39, 0.29) is 11.2 Å². The van der Waals surface area contributed by atoms with Gasteiger partial charge in [0.25, 0.3) is 12.9 Å². The SMILES string of the molecule is CC(C)S(C)(=O)=Nc1cccc(Cl)c1C1CC(c2csc(C3CCN(C(=O)Cn4nc(C(F)F)cc4C(F)F)CC3)n2)=NO1. The number of oxime groups is 1. The van der Waals surface area contributed by atoms with Crippen LogP contribution in [0.15, 0.2) is 39.2 Å². The zero-order chi connectivity index (χ0) is 31.8. The van der Waals surface area contributed by atoms with E-state index in [4.69, 9.17) is 21.4 Å². The molecule has 0 N–H and O–H groups in total. The molecule has 16 heteroatoms. The Morgan fingerprint density at radius 2 is 1.93 bits per heavy atom. The number of carbonyl (C=O) groups is 1. The fraction of sp³-hybridized carbons (Fsp3) is 0.500. The van der Waals surface area contributed by atoms with E-state index in [2.05, 4.69) is 14.6 Å². The van der Waals surface area contributed by atoms with Gasteiger partial charge in [-0.15, -0.1) is 11.3 Å². The summed E-state index contributed by atoms with van der Waals surface area (Å²) in [6, 6.07) is 5.88.